The Hall–Kier alpha value is -1.66. The first-order valence-electron chi connectivity index (χ1n) is 41.1. The zero-order valence-corrected chi connectivity index (χ0v) is 60.7. The summed E-state index contributed by atoms with van der Waals surface area (Å²) in [5.41, 5.74) is 0. The standard InChI is InChI=1S/C83H161NO5/c1-3-5-7-9-11-13-15-17-19-21-23-24-36-40-43-47-51-55-59-63-67-71-75-81(86)80(79-85)84-82(87)76-72-68-64-60-56-52-48-44-41-37-34-32-30-28-26-25-27-29-31-33-35-38-42-46-50-54-58-62-66-70-74-78-89-83(88)77-73-69-65-61-57-53-49-45-39-22-20-18-16-14-12-10-8-6-4-2/h18,20,71,75,80-81,85-86H,3-17,19,21-70,72-74,76-79H2,1-2H3,(H,84,87)/b20-18-,75-71+. The molecular weight excluding hydrogens is 1090 g/mol. The molecule has 0 bridgehead atoms. The number of carbonyl (C=O) groups excluding carboxylic acids is 2. The molecule has 2 atom stereocenters. The summed E-state index contributed by atoms with van der Waals surface area (Å²) in [6, 6.07) is -0.626. The van der Waals surface area contributed by atoms with Gasteiger partial charge in [-0.2, -0.15) is 0 Å². The third kappa shape index (κ3) is 75.3. The van der Waals surface area contributed by atoms with Crippen molar-refractivity contribution >= 4 is 11.9 Å². The molecule has 0 saturated heterocycles. The molecule has 6 nitrogen and oxygen atoms in total. The zero-order chi connectivity index (χ0) is 64.2. The topological polar surface area (TPSA) is 95.9 Å². The maximum Gasteiger partial charge on any atom is 0.305 e. The number of amides is 1. The van der Waals surface area contributed by atoms with Gasteiger partial charge in [0, 0.05) is 12.8 Å². The van der Waals surface area contributed by atoms with Crippen molar-refractivity contribution < 1.29 is 24.5 Å². The van der Waals surface area contributed by atoms with Crippen LogP contribution < -0.4 is 5.32 Å². The van der Waals surface area contributed by atoms with Gasteiger partial charge in [-0.1, -0.05) is 423 Å². The van der Waals surface area contributed by atoms with Gasteiger partial charge in [0.2, 0.25) is 5.91 Å². The number of nitrogens with one attached hydrogen (secondary N) is 1. The lowest BCUT2D eigenvalue weighted by Gasteiger charge is -2.20. The van der Waals surface area contributed by atoms with Crippen LogP contribution in [0.2, 0.25) is 0 Å². The van der Waals surface area contributed by atoms with E-state index >= 15 is 0 Å². The Bertz CT molecular complexity index is 1400. The molecular formula is C83H161NO5. The molecule has 2 unspecified atom stereocenters. The second-order valence-corrected chi connectivity index (χ2v) is 28.5. The molecule has 0 aromatic carbocycles. The van der Waals surface area contributed by atoms with E-state index in [1.54, 1.807) is 6.08 Å². The number of allylic oxidation sites excluding steroid dienone is 3. The minimum atomic E-state index is -0.843. The average Bonchev–Trinajstić information content (AvgIpc) is 3.68. The van der Waals surface area contributed by atoms with Gasteiger partial charge in [0.25, 0.3) is 0 Å². The highest BCUT2D eigenvalue weighted by atomic mass is 16.5. The Kier molecular flexibility index (Phi) is 77.3. The maximum atomic E-state index is 12.6. The third-order valence-electron chi connectivity index (χ3n) is 19.5. The van der Waals surface area contributed by atoms with E-state index in [-0.39, 0.29) is 18.5 Å². The highest BCUT2D eigenvalue weighted by Crippen LogP contribution is 2.20. The van der Waals surface area contributed by atoms with Crippen LogP contribution in [0.4, 0.5) is 0 Å². The summed E-state index contributed by atoms with van der Waals surface area (Å²) in [4.78, 5) is 24.7. The predicted molar refractivity (Wildman–Crippen MR) is 393 cm³/mol. The quantitative estimate of drug-likeness (QED) is 0.0320. The van der Waals surface area contributed by atoms with Gasteiger partial charge in [-0.15, -0.1) is 0 Å². The Morgan fingerprint density at radius 1 is 0.303 bits per heavy atom. The number of unbranched alkanes of at least 4 members (excludes halogenated alkanes) is 65. The smallest absolute Gasteiger partial charge is 0.305 e. The zero-order valence-electron chi connectivity index (χ0n) is 60.7. The molecule has 89 heavy (non-hydrogen) atoms. The van der Waals surface area contributed by atoms with Crippen LogP contribution in [0.15, 0.2) is 24.3 Å². The van der Waals surface area contributed by atoms with Gasteiger partial charge in [-0.25, -0.2) is 0 Å². The normalized spacial score (nSPS) is 12.5. The molecule has 1 amide bonds. The van der Waals surface area contributed by atoms with E-state index in [9.17, 15) is 19.8 Å². The number of esters is 1. The summed E-state index contributed by atoms with van der Waals surface area (Å²) in [6.07, 6.45) is 102. The predicted octanol–water partition coefficient (Wildman–Crippen LogP) is 27.2. The molecule has 0 aliphatic carbocycles. The molecule has 0 aliphatic heterocycles. The van der Waals surface area contributed by atoms with Gasteiger partial charge in [0.05, 0.1) is 25.4 Å². The molecule has 0 aromatic heterocycles. The van der Waals surface area contributed by atoms with Crippen LogP contribution in [-0.2, 0) is 14.3 Å². The third-order valence-corrected chi connectivity index (χ3v) is 19.5. The molecule has 0 aliphatic rings. The highest BCUT2D eigenvalue weighted by molar-refractivity contribution is 5.76. The number of aliphatic hydroxyl groups excluding tert-OH is 2. The van der Waals surface area contributed by atoms with Crippen LogP contribution in [0.25, 0.3) is 0 Å². The minimum Gasteiger partial charge on any atom is -0.466 e. The van der Waals surface area contributed by atoms with Gasteiger partial charge in [0.1, 0.15) is 0 Å². The Morgan fingerprint density at radius 2 is 0.528 bits per heavy atom. The van der Waals surface area contributed by atoms with E-state index in [1.165, 1.54) is 405 Å². The molecule has 0 saturated carbocycles. The lowest BCUT2D eigenvalue weighted by atomic mass is 10.0. The second-order valence-electron chi connectivity index (χ2n) is 28.5. The summed E-state index contributed by atoms with van der Waals surface area (Å²) in [7, 11) is 0. The fourth-order valence-electron chi connectivity index (χ4n) is 13.2. The van der Waals surface area contributed by atoms with Crippen LogP contribution in [0.3, 0.4) is 0 Å². The Labute approximate surface area is 558 Å². The van der Waals surface area contributed by atoms with Gasteiger partial charge in [-0.05, 0) is 57.8 Å². The number of ether oxygens (including phenoxy) is 1. The van der Waals surface area contributed by atoms with Crippen molar-refractivity contribution in [3.05, 3.63) is 24.3 Å². The summed E-state index contributed by atoms with van der Waals surface area (Å²) in [5, 5.41) is 23.3. The number of aliphatic hydroxyl groups is 2. The molecule has 6 heteroatoms. The number of hydrogen-bond donors (Lipinski definition) is 3. The second kappa shape index (κ2) is 78.8. The highest BCUT2D eigenvalue weighted by Gasteiger charge is 2.18. The minimum absolute atomic E-state index is 0.0212. The SMILES string of the molecule is CCCCCCCC/C=C\CCCCCCCCCCCC(=O)OCCCCCCCCCCCCCCCCCCCCCCCCCCCCCCCCCC(=O)NC(CO)C(O)/C=C/CCCCCCCCCCCCCCCCCCCCCC. The lowest BCUT2D eigenvalue weighted by Crippen LogP contribution is -2.45. The monoisotopic (exact) mass is 1250 g/mol. The molecule has 528 valence electrons. The summed E-state index contributed by atoms with van der Waals surface area (Å²) in [6.45, 7) is 4.96. The fraction of sp³-hybridized carbons (Fsp3) is 0.928. The Morgan fingerprint density at radius 3 is 0.798 bits per heavy atom. The molecule has 3 N–H and O–H groups in total. The number of carbonyl (C=O) groups is 2. The van der Waals surface area contributed by atoms with Crippen molar-refractivity contribution in [3.8, 4) is 0 Å². The van der Waals surface area contributed by atoms with Crippen LogP contribution in [0.5, 0.6) is 0 Å². The summed E-state index contributed by atoms with van der Waals surface area (Å²) >= 11 is 0. The van der Waals surface area contributed by atoms with Crippen LogP contribution in [0.1, 0.15) is 470 Å². The maximum absolute atomic E-state index is 12.6. The van der Waals surface area contributed by atoms with Crippen LogP contribution >= 0.6 is 0 Å². The lowest BCUT2D eigenvalue weighted by molar-refractivity contribution is -0.143. The van der Waals surface area contributed by atoms with E-state index in [2.05, 4.69) is 31.3 Å². The van der Waals surface area contributed by atoms with Gasteiger partial charge in [0.15, 0.2) is 0 Å². The molecule has 0 spiro atoms. The van der Waals surface area contributed by atoms with Crippen molar-refractivity contribution in [3.63, 3.8) is 0 Å². The van der Waals surface area contributed by atoms with Gasteiger partial charge < -0.3 is 20.3 Å². The summed E-state index contributed by atoms with van der Waals surface area (Å²) in [5.74, 6) is -0.0373. The van der Waals surface area contributed by atoms with Crippen molar-refractivity contribution in [1.82, 2.24) is 5.32 Å². The number of hydrogen-bond acceptors (Lipinski definition) is 5. The van der Waals surface area contributed by atoms with Crippen LogP contribution in [-0.4, -0.2) is 47.4 Å². The fourth-order valence-corrected chi connectivity index (χ4v) is 13.2. The molecule has 0 aromatic rings. The van der Waals surface area contributed by atoms with Crippen molar-refractivity contribution in [2.75, 3.05) is 13.2 Å². The van der Waals surface area contributed by atoms with Crippen molar-refractivity contribution in [1.29, 1.82) is 0 Å². The largest absolute Gasteiger partial charge is 0.466 e. The van der Waals surface area contributed by atoms with E-state index in [0.29, 0.717) is 19.4 Å². The molecule has 0 heterocycles. The first-order valence-corrected chi connectivity index (χ1v) is 41.1. The Balaban J connectivity index is 3.34. The number of rotatable bonds is 78. The first-order chi connectivity index (χ1) is 44.0. The molecule has 0 fully saturated rings. The van der Waals surface area contributed by atoms with E-state index in [4.69, 9.17) is 4.74 Å². The molecule has 0 rings (SSSR count). The van der Waals surface area contributed by atoms with E-state index in [1.807, 2.05) is 6.08 Å². The summed E-state index contributed by atoms with van der Waals surface area (Å²) < 4.78 is 5.52. The van der Waals surface area contributed by atoms with Gasteiger partial charge in [-0.3, -0.25) is 9.59 Å². The molecule has 0 radical (unpaired) electrons. The van der Waals surface area contributed by atoms with E-state index < -0.39 is 12.1 Å². The van der Waals surface area contributed by atoms with Crippen LogP contribution in [0, 0.1) is 0 Å². The average molecular weight is 1250 g/mol. The van der Waals surface area contributed by atoms with Gasteiger partial charge >= 0.3 is 5.97 Å². The van der Waals surface area contributed by atoms with Crippen molar-refractivity contribution in [2.45, 2.75) is 482 Å². The van der Waals surface area contributed by atoms with Crippen molar-refractivity contribution in [2.24, 2.45) is 0 Å². The first kappa shape index (κ1) is 87.3. The van der Waals surface area contributed by atoms with E-state index in [0.717, 1.165) is 38.5 Å².